The van der Waals surface area contributed by atoms with E-state index in [1.54, 1.807) is 0 Å². The van der Waals surface area contributed by atoms with Gasteiger partial charge in [0, 0.05) is 19.1 Å². The number of carbonyl (C=O) groups excluding carboxylic acids is 1. The average Bonchev–Trinajstić information content (AvgIpc) is 2.82. The van der Waals surface area contributed by atoms with E-state index in [1.807, 2.05) is 13.8 Å². The molecule has 21 heavy (non-hydrogen) atoms. The molecular weight excluding hydrogens is 266 g/mol. The molecule has 5 nitrogen and oxygen atoms in total. The maximum Gasteiger partial charge on any atom is 0.327 e. The highest BCUT2D eigenvalue weighted by atomic mass is 16.5. The maximum atomic E-state index is 12.3. The Morgan fingerprint density at radius 1 is 1.48 bits per heavy atom. The van der Waals surface area contributed by atoms with Gasteiger partial charge in [-0.1, -0.05) is 6.92 Å². The molecule has 0 spiro atoms. The zero-order valence-electron chi connectivity index (χ0n) is 14.4. The number of nitrogens with one attached hydrogen (secondary N) is 1. The van der Waals surface area contributed by atoms with Gasteiger partial charge in [-0.15, -0.1) is 0 Å². The van der Waals surface area contributed by atoms with Crippen LogP contribution in [0.25, 0.3) is 0 Å². The first-order chi connectivity index (χ1) is 9.92. The van der Waals surface area contributed by atoms with Crippen molar-refractivity contribution < 1.29 is 9.53 Å². The molecule has 1 aliphatic rings. The molecule has 2 atom stereocenters. The van der Waals surface area contributed by atoms with E-state index in [9.17, 15) is 4.79 Å². The van der Waals surface area contributed by atoms with Crippen LogP contribution in [-0.2, 0) is 9.53 Å². The number of ether oxygens (including phenoxy) is 1. The second-order valence-corrected chi connectivity index (χ2v) is 6.45. The lowest BCUT2D eigenvalue weighted by atomic mass is 10.0. The molecule has 0 aromatic carbocycles. The van der Waals surface area contributed by atoms with Gasteiger partial charge in [-0.25, -0.2) is 0 Å². The Balaban J connectivity index is 2.59. The molecule has 0 amide bonds. The fourth-order valence-electron chi connectivity index (χ4n) is 3.06. The number of hydrogen-bond donors (Lipinski definition) is 1. The van der Waals surface area contributed by atoms with Crippen LogP contribution in [0.4, 0.5) is 0 Å². The Morgan fingerprint density at radius 2 is 2.19 bits per heavy atom. The topological polar surface area (TPSA) is 44.8 Å². The fraction of sp³-hybridized carbons (Fsp3) is 0.938. The van der Waals surface area contributed by atoms with E-state index in [4.69, 9.17) is 4.74 Å². The molecule has 0 aromatic heterocycles. The molecule has 0 saturated carbocycles. The van der Waals surface area contributed by atoms with Crippen molar-refractivity contribution in [2.75, 3.05) is 46.9 Å². The van der Waals surface area contributed by atoms with E-state index in [0.29, 0.717) is 19.2 Å². The SMILES string of the molecule is CCCNC(C)(CN(C)CC1CCCN1C)C(=O)OCC. The van der Waals surface area contributed by atoms with Gasteiger partial charge < -0.3 is 19.9 Å². The van der Waals surface area contributed by atoms with Gasteiger partial charge in [0.25, 0.3) is 0 Å². The summed E-state index contributed by atoms with van der Waals surface area (Å²) in [7, 11) is 4.28. The quantitative estimate of drug-likeness (QED) is 0.651. The Bertz CT molecular complexity index is 325. The largest absolute Gasteiger partial charge is 0.465 e. The number of esters is 1. The molecule has 1 fully saturated rings. The molecule has 1 saturated heterocycles. The van der Waals surface area contributed by atoms with Crippen LogP contribution in [0.1, 0.15) is 40.0 Å². The number of likely N-dealkylation sites (N-methyl/N-ethyl adjacent to an activating group) is 2. The Hall–Kier alpha value is -0.650. The zero-order valence-corrected chi connectivity index (χ0v) is 14.4. The van der Waals surface area contributed by atoms with Crippen molar-refractivity contribution >= 4 is 5.97 Å². The number of hydrogen-bond acceptors (Lipinski definition) is 5. The summed E-state index contributed by atoms with van der Waals surface area (Å²) in [5, 5.41) is 3.37. The molecule has 124 valence electrons. The van der Waals surface area contributed by atoms with Gasteiger partial charge in [-0.2, -0.15) is 0 Å². The van der Waals surface area contributed by atoms with Gasteiger partial charge in [0.15, 0.2) is 0 Å². The normalized spacial score (nSPS) is 22.5. The molecule has 1 aliphatic heterocycles. The predicted molar refractivity (Wildman–Crippen MR) is 86.5 cm³/mol. The van der Waals surface area contributed by atoms with Gasteiger partial charge in [0.2, 0.25) is 0 Å². The minimum atomic E-state index is -0.627. The molecule has 5 heteroatoms. The first-order valence-electron chi connectivity index (χ1n) is 8.24. The van der Waals surface area contributed by atoms with Crippen LogP contribution < -0.4 is 5.32 Å². The molecule has 0 bridgehead atoms. The van der Waals surface area contributed by atoms with E-state index in [1.165, 1.54) is 19.4 Å². The molecule has 1 N–H and O–H groups in total. The second-order valence-electron chi connectivity index (χ2n) is 6.45. The predicted octanol–water partition coefficient (Wildman–Crippen LogP) is 1.33. The van der Waals surface area contributed by atoms with E-state index < -0.39 is 5.54 Å². The van der Waals surface area contributed by atoms with Crippen LogP contribution in [0, 0.1) is 0 Å². The highest BCUT2D eigenvalue weighted by molar-refractivity contribution is 5.80. The molecule has 0 aliphatic carbocycles. The summed E-state index contributed by atoms with van der Waals surface area (Å²) in [5.41, 5.74) is -0.627. The Kier molecular flexibility index (Phi) is 7.63. The standard InChI is InChI=1S/C16H33N3O2/c1-6-10-17-16(3,15(20)21-7-2)13-18(4)12-14-9-8-11-19(14)5/h14,17H,6-13H2,1-5H3. The molecule has 0 aromatic rings. The summed E-state index contributed by atoms with van der Waals surface area (Å²) in [6, 6.07) is 0.604. The van der Waals surface area contributed by atoms with Crippen molar-refractivity contribution in [1.82, 2.24) is 15.1 Å². The minimum Gasteiger partial charge on any atom is -0.465 e. The fourth-order valence-corrected chi connectivity index (χ4v) is 3.06. The highest BCUT2D eigenvalue weighted by Gasteiger charge is 2.36. The van der Waals surface area contributed by atoms with E-state index in [0.717, 1.165) is 19.5 Å². The number of rotatable bonds is 9. The lowest BCUT2D eigenvalue weighted by Crippen LogP contribution is -2.58. The third-order valence-corrected chi connectivity index (χ3v) is 4.27. The van der Waals surface area contributed by atoms with E-state index in [-0.39, 0.29) is 5.97 Å². The molecule has 2 unspecified atom stereocenters. The highest BCUT2D eigenvalue weighted by Crippen LogP contribution is 2.17. The van der Waals surface area contributed by atoms with Crippen molar-refractivity contribution in [2.24, 2.45) is 0 Å². The van der Waals surface area contributed by atoms with Crippen LogP contribution in [0.15, 0.2) is 0 Å². The second kappa shape index (κ2) is 8.71. The molecule has 1 heterocycles. The van der Waals surface area contributed by atoms with Crippen molar-refractivity contribution in [3.05, 3.63) is 0 Å². The summed E-state index contributed by atoms with van der Waals surface area (Å²) < 4.78 is 5.26. The molecule has 0 radical (unpaired) electrons. The van der Waals surface area contributed by atoms with Gasteiger partial charge in [-0.3, -0.25) is 4.79 Å². The van der Waals surface area contributed by atoms with Crippen LogP contribution in [0.5, 0.6) is 0 Å². The minimum absolute atomic E-state index is 0.148. The molecular formula is C16H33N3O2. The van der Waals surface area contributed by atoms with Gasteiger partial charge >= 0.3 is 5.97 Å². The monoisotopic (exact) mass is 299 g/mol. The van der Waals surface area contributed by atoms with Gasteiger partial charge in [0.05, 0.1) is 6.61 Å². The van der Waals surface area contributed by atoms with Crippen LogP contribution in [0.3, 0.4) is 0 Å². The van der Waals surface area contributed by atoms with Crippen molar-refractivity contribution in [1.29, 1.82) is 0 Å². The van der Waals surface area contributed by atoms with Crippen LogP contribution in [0.2, 0.25) is 0 Å². The zero-order chi connectivity index (χ0) is 15.9. The van der Waals surface area contributed by atoms with E-state index >= 15 is 0 Å². The van der Waals surface area contributed by atoms with Crippen LogP contribution in [-0.4, -0.2) is 74.2 Å². The third kappa shape index (κ3) is 5.57. The number of likely N-dealkylation sites (tertiary alicyclic amines) is 1. The summed E-state index contributed by atoms with van der Waals surface area (Å²) in [6.07, 6.45) is 3.53. The number of nitrogens with zero attached hydrogens (tertiary/aromatic N) is 2. The summed E-state index contributed by atoms with van der Waals surface area (Å²) in [4.78, 5) is 17.0. The number of carbonyl (C=O) groups is 1. The summed E-state index contributed by atoms with van der Waals surface area (Å²) in [5.74, 6) is -0.148. The van der Waals surface area contributed by atoms with E-state index in [2.05, 4.69) is 36.1 Å². The molecule has 1 rings (SSSR count). The van der Waals surface area contributed by atoms with Gasteiger partial charge in [0.1, 0.15) is 5.54 Å². The third-order valence-electron chi connectivity index (χ3n) is 4.27. The maximum absolute atomic E-state index is 12.3. The van der Waals surface area contributed by atoms with Crippen molar-refractivity contribution in [2.45, 2.75) is 51.6 Å². The Morgan fingerprint density at radius 3 is 2.71 bits per heavy atom. The summed E-state index contributed by atoms with van der Waals surface area (Å²) in [6.45, 7) is 10.0. The van der Waals surface area contributed by atoms with Crippen molar-refractivity contribution in [3.8, 4) is 0 Å². The lowest BCUT2D eigenvalue weighted by molar-refractivity contribution is -0.151. The Labute approximate surface area is 130 Å². The average molecular weight is 299 g/mol. The smallest absolute Gasteiger partial charge is 0.327 e. The van der Waals surface area contributed by atoms with Crippen LogP contribution >= 0.6 is 0 Å². The van der Waals surface area contributed by atoms with Crippen molar-refractivity contribution in [3.63, 3.8) is 0 Å². The first-order valence-corrected chi connectivity index (χ1v) is 8.24. The van der Waals surface area contributed by atoms with Gasteiger partial charge in [-0.05, 0) is 60.3 Å². The lowest BCUT2D eigenvalue weighted by Gasteiger charge is -2.34. The summed E-state index contributed by atoms with van der Waals surface area (Å²) >= 11 is 0. The first kappa shape index (κ1) is 18.4.